The van der Waals surface area contributed by atoms with E-state index < -0.39 is 0 Å². The third-order valence-electron chi connectivity index (χ3n) is 3.34. The van der Waals surface area contributed by atoms with Gasteiger partial charge in [-0.1, -0.05) is 35.6 Å². The minimum absolute atomic E-state index is 0.0953. The summed E-state index contributed by atoms with van der Waals surface area (Å²) in [5, 5.41) is 2.76. The van der Waals surface area contributed by atoms with Crippen LogP contribution in [0.5, 0.6) is 0 Å². The molecule has 0 unspecified atom stereocenters. The van der Waals surface area contributed by atoms with Crippen molar-refractivity contribution in [3.8, 4) is 11.3 Å². The van der Waals surface area contributed by atoms with Gasteiger partial charge in [-0.25, -0.2) is 0 Å². The van der Waals surface area contributed by atoms with Gasteiger partial charge < -0.3 is 10.3 Å². The molecule has 2 aromatic rings. The molecule has 5 nitrogen and oxygen atoms in total. The highest BCUT2D eigenvalue weighted by Gasteiger charge is 2.14. The molecule has 0 aliphatic carbocycles. The molecule has 0 fully saturated rings. The summed E-state index contributed by atoms with van der Waals surface area (Å²) in [7, 11) is 0. The van der Waals surface area contributed by atoms with Crippen molar-refractivity contribution in [3.63, 3.8) is 0 Å². The summed E-state index contributed by atoms with van der Waals surface area (Å²) >= 11 is 1.20. The van der Waals surface area contributed by atoms with Crippen molar-refractivity contribution in [3.05, 3.63) is 64.1 Å². The van der Waals surface area contributed by atoms with Crippen LogP contribution >= 0.6 is 11.3 Å². The van der Waals surface area contributed by atoms with E-state index in [0.29, 0.717) is 25.3 Å². The fraction of sp³-hybridized carbons (Fsp3) is 0.222. The summed E-state index contributed by atoms with van der Waals surface area (Å²) < 4.78 is 0. The van der Waals surface area contributed by atoms with Crippen molar-refractivity contribution in [2.45, 2.75) is 13.5 Å². The van der Waals surface area contributed by atoms with E-state index in [1.807, 2.05) is 36.4 Å². The van der Waals surface area contributed by atoms with Gasteiger partial charge in [-0.05, 0) is 12.1 Å². The molecular weight excluding hydrogens is 322 g/mol. The molecule has 1 heterocycles. The second-order valence-corrected chi connectivity index (χ2v) is 6.41. The average molecular weight is 343 g/mol. The van der Waals surface area contributed by atoms with Gasteiger partial charge in [0.1, 0.15) is 0 Å². The lowest BCUT2D eigenvalue weighted by molar-refractivity contribution is -0.114. The van der Waals surface area contributed by atoms with E-state index in [1.165, 1.54) is 18.3 Å². The number of carbonyl (C=O) groups excluding carboxylic acids is 1. The van der Waals surface area contributed by atoms with E-state index in [4.69, 9.17) is 0 Å². The summed E-state index contributed by atoms with van der Waals surface area (Å²) in [4.78, 5) is 29.0. The second-order valence-electron chi connectivity index (χ2n) is 5.35. The van der Waals surface area contributed by atoms with Gasteiger partial charge in [0.05, 0.1) is 5.69 Å². The number of aromatic nitrogens is 1. The number of rotatable bonds is 8. The SMILES string of the molecule is C=CCN(CC=C)Cc1sc(=O)[nH]c1-c1cccc(NC(C)=O)c1. The average Bonchev–Trinajstić information content (AvgIpc) is 2.88. The van der Waals surface area contributed by atoms with E-state index in [9.17, 15) is 9.59 Å². The predicted molar refractivity (Wildman–Crippen MR) is 100 cm³/mol. The Morgan fingerprint density at radius 3 is 2.67 bits per heavy atom. The van der Waals surface area contributed by atoms with Crippen LogP contribution in [-0.2, 0) is 11.3 Å². The summed E-state index contributed by atoms with van der Waals surface area (Å²) in [5.74, 6) is -0.130. The number of thiazole rings is 1. The van der Waals surface area contributed by atoms with Crippen molar-refractivity contribution in [1.82, 2.24) is 9.88 Å². The van der Waals surface area contributed by atoms with Crippen LogP contribution in [0.2, 0.25) is 0 Å². The number of hydrogen-bond acceptors (Lipinski definition) is 4. The maximum Gasteiger partial charge on any atom is 0.305 e. The fourth-order valence-electron chi connectivity index (χ4n) is 2.43. The zero-order chi connectivity index (χ0) is 17.5. The molecule has 0 saturated heterocycles. The summed E-state index contributed by atoms with van der Waals surface area (Å²) in [6.45, 7) is 11.0. The van der Waals surface area contributed by atoms with Gasteiger partial charge in [0.15, 0.2) is 0 Å². The fourth-order valence-corrected chi connectivity index (χ4v) is 3.33. The van der Waals surface area contributed by atoms with Gasteiger partial charge in [0, 0.05) is 42.7 Å². The quantitative estimate of drug-likeness (QED) is 0.723. The highest BCUT2D eigenvalue weighted by Crippen LogP contribution is 2.26. The molecule has 1 amide bonds. The molecule has 1 aromatic heterocycles. The van der Waals surface area contributed by atoms with E-state index in [1.54, 1.807) is 0 Å². The van der Waals surface area contributed by atoms with E-state index >= 15 is 0 Å². The summed E-state index contributed by atoms with van der Waals surface area (Å²) in [6.07, 6.45) is 3.66. The van der Waals surface area contributed by atoms with Crippen molar-refractivity contribution in [2.24, 2.45) is 0 Å². The van der Waals surface area contributed by atoms with Gasteiger partial charge >= 0.3 is 4.87 Å². The molecular formula is C18H21N3O2S. The predicted octanol–water partition coefficient (Wildman–Crippen LogP) is 3.24. The van der Waals surface area contributed by atoms with Gasteiger partial charge in [-0.3, -0.25) is 14.5 Å². The first-order valence-electron chi connectivity index (χ1n) is 7.57. The minimum atomic E-state index is -0.130. The number of aromatic amines is 1. The first-order valence-corrected chi connectivity index (χ1v) is 8.39. The lowest BCUT2D eigenvalue weighted by Crippen LogP contribution is -2.23. The van der Waals surface area contributed by atoms with Crippen molar-refractivity contribution >= 4 is 22.9 Å². The minimum Gasteiger partial charge on any atom is -0.326 e. The smallest absolute Gasteiger partial charge is 0.305 e. The van der Waals surface area contributed by atoms with Gasteiger partial charge in [-0.2, -0.15) is 0 Å². The molecule has 0 saturated carbocycles. The zero-order valence-electron chi connectivity index (χ0n) is 13.7. The number of carbonyl (C=O) groups is 1. The standard InChI is InChI=1S/C18H21N3O2S/c1-4-9-21(10-5-2)12-16-17(20-18(23)24-16)14-7-6-8-15(11-14)19-13(3)22/h4-8,11H,1-2,9-10,12H2,3H3,(H,19,22)(H,20,23). The Morgan fingerprint density at radius 1 is 1.33 bits per heavy atom. The molecule has 0 bridgehead atoms. The third-order valence-corrected chi connectivity index (χ3v) is 4.20. The van der Waals surface area contributed by atoms with Gasteiger partial charge in [0.2, 0.25) is 5.91 Å². The number of anilines is 1. The van der Waals surface area contributed by atoms with Crippen LogP contribution < -0.4 is 10.2 Å². The van der Waals surface area contributed by atoms with Crippen molar-refractivity contribution in [2.75, 3.05) is 18.4 Å². The summed E-state index contributed by atoms with van der Waals surface area (Å²) in [6, 6.07) is 7.44. The topological polar surface area (TPSA) is 65.2 Å². The van der Waals surface area contributed by atoms with E-state index in [-0.39, 0.29) is 10.8 Å². The molecule has 2 N–H and O–H groups in total. The van der Waals surface area contributed by atoms with Crippen LogP contribution in [0.4, 0.5) is 5.69 Å². The number of amides is 1. The first-order chi connectivity index (χ1) is 11.5. The van der Waals surface area contributed by atoms with Crippen LogP contribution in [0.1, 0.15) is 11.8 Å². The lowest BCUT2D eigenvalue weighted by atomic mass is 10.1. The Bertz CT molecular complexity index is 782. The van der Waals surface area contributed by atoms with Crippen molar-refractivity contribution in [1.29, 1.82) is 0 Å². The number of hydrogen-bond donors (Lipinski definition) is 2. The van der Waals surface area contributed by atoms with E-state index in [2.05, 4.69) is 28.4 Å². The third kappa shape index (κ3) is 4.78. The molecule has 24 heavy (non-hydrogen) atoms. The zero-order valence-corrected chi connectivity index (χ0v) is 14.5. The highest BCUT2D eigenvalue weighted by molar-refractivity contribution is 7.09. The number of nitrogens with zero attached hydrogens (tertiary/aromatic N) is 1. The van der Waals surface area contributed by atoms with Crippen molar-refractivity contribution < 1.29 is 4.79 Å². The number of nitrogens with one attached hydrogen (secondary N) is 2. The molecule has 126 valence electrons. The molecule has 0 atom stereocenters. The molecule has 0 radical (unpaired) electrons. The van der Waals surface area contributed by atoms with Crippen LogP contribution in [0.3, 0.4) is 0 Å². The van der Waals surface area contributed by atoms with E-state index in [0.717, 1.165) is 16.1 Å². The Kier molecular flexibility index (Phi) is 6.28. The van der Waals surface area contributed by atoms with Gasteiger partial charge in [-0.15, -0.1) is 13.2 Å². The van der Waals surface area contributed by atoms with Crippen LogP contribution in [0.15, 0.2) is 54.4 Å². The monoisotopic (exact) mass is 343 g/mol. The van der Waals surface area contributed by atoms with Crippen LogP contribution in [0, 0.1) is 0 Å². The van der Waals surface area contributed by atoms with Crippen LogP contribution in [0.25, 0.3) is 11.3 Å². The Labute approximate surface area is 145 Å². The first kappa shape index (κ1) is 17.9. The molecule has 1 aromatic carbocycles. The van der Waals surface area contributed by atoms with Gasteiger partial charge in [0.25, 0.3) is 0 Å². The van der Waals surface area contributed by atoms with Crippen LogP contribution in [-0.4, -0.2) is 28.9 Å². The highest BCUT2D eigenvalue weighted by atomic mass is 32.1. The molecule has 0 aliphatic heterocycles. The normalized spacial score (nSPS) is 10.6. The molecule has 6 heteroatoms. The largest absolute Gasteiger partial charge is 0.326 e. The summed E-state index contributed by atoms with van der Waals surface area (Å²) in [5.41, 5.74) is 2.36. The lowest BCUT2D eigenvalue weighted by Gasteiger charge is -2.18. The maximum atomic E-state index is 11.9. The maximum absolute atomic E-state index is 11.9. The number of H-pyrrole nitrogens is 1. The second kappa shape index (κ2) is 8.42. The molecule has 2 rings (SSSR count). The Hall–Kier alpha value is -2.44. The molecule has 0 spiro atoms. The Morgan fingerprint density at radius 2 is 2.04 bits per heavy atom. The Balaban J connectivity index is 2.34. The number of benzene rings is 1. The molecule has 0 aliphatic rings.